The van der Waals surface area contributed by atoms with E-state index in [1.54, 1.807) is 37.3 Å². The van der Waals surface area contributed by atoms with Crippen LogP contribution in [0.5, 0.6) is 5.75 Å². The molecule has 0 aliphatic carbocycles. The first-order valence-electron chi connectivity index (χ1n) is 7.98. The van der Waals surface area contributed by atoms with Crippen molar-refractivity contribution in [2.45, 2.75) is 26.3 Å². The first-order valence-corrected chi connectivity index (χ1v) is 7.98. The molecule has 1 aromatic heterocycles. The Hall–Kier alpha value is -2.61. The van der Waals surface area contributed by atoms with Crippen LogP contribution in [-0.4, -0.2) is 24.1 Å². The van der Waals surface area contributed by atoms with Gasteiger partial charge in [0, 0.05) is 12.8 Å². The van der Waals surface area contributed by atoms with Crippen LogP contribution in [0.2, 0.25) is 0 Å². The fourth-order valence-corrected chi connectivity index (χ4v) is 2.21. The molecular formula is C18H19F3N2O3. The molecule has 2 rings (SSSR count). The molecule has 0 bridgehead atoms. The number of nitrogens with one attached hydrogen (secondary N) is 1. The van der Waals surface area contributed by atoms with E-state index in [2.05, 4.69) is 10.3 Å². The van der Waals surface area contributed by atoms with Gasteiger partial charge in [-0.25, -0.2) is 0 Å². The van der Waals surface area contributed by atoms with E-state index in [1.807, 2.05) is 0 Å². The maximum Gasteiger partial charge on any atom is 0.421 e. The maximum absolute atomic E-state index is 13.5. The highest BCUT2D eigenvalue weighted by atomic mass is 19.4. The number of halogens is 3. The van der Waals surface area contributed by atoms with Crippen LogP contribution in [0.1, 0.15) is 23.7 Å². The molecule has 0 aliphatic rings. The quantitative estimate of drug-likeness (QED) is 0.776. The highest BCUT2D eigenvalue weighted by Gasteiger charge is 2.38. The zero-order chi connectivity index (χ0) is 19.0. The Labute approximate surface area is 149 Å². The van der Waals surface area contributed by atoms with Crippen molar-refractivity contribution < 1.29 is 27.4 Å². The summed E-state index contributed by atoms with van der Waals surface area (Å²) < 4.78 is 50.8. The van der Waals surface area contributed by atoms with E-state index < -0.39 is 17.6 Å². The van der Waals surface area contributed by atoms with Gasteiger partial charge in [0.25, 0.3) is 0 Å². The van der Waals surface area contributed by atoms with Crippen LogP contribution in [0.4, 0.5) is 13.2 Å². The van der Waals surface area contributed by atoms with Crippen molar-refractivity contribution in [3.05, 3.63) is 59.4 Å². The topological polar surface area (TPSA) is 60.5 Å². The van der Waals surface area contributed by atoms with Crippen molar-refractivity contribution in [1.82, 2.24) is 10.3 Å². The highest BCUT2D eigenvalue weighted by Crippen LogP contribution is 2.38. The van der Waals surface area contributed by atoms with Crippen LogP contribution in [0, 0.1) is 0 Å². The molecule has 26 heavy (non-hydrogen) atoms. The summed E-state index contributed by atoms with van der Waals surface area (Å²) in [7, 11) is 0. The predicted octanol–water partition coefficient (Wildman–Crippen LogP) is 3.33. The number of hydrogen-bond donors (Lipinski definition) is 1. The van der Waals surface area contributed by atoms with Crippen molar-refractivity contribution >= 4 is 5.91 Å². The largest absolute Gasteiger partial charge is 0.488 e. The van der Waals surface area contributed by atoms with Gasteiger partial charge in [-0.2, -0.15) is 13.2 Å². The van der Waals surface area contributed by atoms with E-state index in [0.29, 0.717) is 6.61 Å². The monoisotopic (exact) mass is 368 g/mol. The van der Waals surface area contributed by atoms with Crippen LogP contribution in [0.15, 0.2) is 42.6 Å². The van der Waals surface area contributed by atoms with Crippen LogP contribution < -0.4 is 10.1 Å². The predicted molar refractivity (Wildman–Crippen MR) is 88.4 cm³/mol. The summed E-state index contributed by atoms with van der Waals surface area (Å²) in [6.45, 7) is 1.45. The minimum atomic E-state index is -4.67. The van der Waals surface area contributed by atoms with Gasteiger partial charge < -0.3 is 14.8 Å². The van der Waals surface area contributed by atoms with Gasteiger partial charge >= 0.3 is 6.18 Å². The lowest BCUT2D eigenvalue weighted by molar-refractivity contribution is -0.140. The second-order valence-corrected chi connectivity index (χ2v) is 5.32. The van der Waals surface area contributed by atoms with Crippen molar-refractivity contribution in [2.24, 2.45) is 0 Å². The minimum absolute atomic E-state index is 0.00985. The summed E-state index contributed by atoms with van der Waals surface area (Å²) in [6, 6.07) is 10.0. The third-order valence-electron chi connectivity index (χ3n) is 3.40. The van der Waals surface area contributed by atoms with Crippen LogP contribution in [-0.2, 0) is 28.9 Å². The molecule has 0 radical (unpaired) electrons. The maximum atomic E-state index is 13.5. The fourth-order valence-electron chi connectivity index (χ4n) is 2.21. The molecule has 5 nitrogen and oxygen atoms in total. The molecule has 0 spiro atoms. The second kappa shape index (κ2) is 9.19. The molecule has 0 atom stereocenters. The molecule has 0 aliphatic heterocycles. The molecule has 2 aromatic rings. The molecule has 0 saturated carbocycles. The zero-order valence-corrected chi connectivity index (χ0v) is 14.2. The van der Waals surface area contributed by atoms with E-state index in [-0.39, 0.29) is 31.2 Å². The summed E-state index contributed by atoms with van der Waals surface area (Å²) in [6.07, 6.45) is -3.44. The first-order chi connectivity index (χ1) is 12.4. The number of ether oxygens (including phenoxy) is 2. The van der Waals surface area contributed by atoms with Gasteiger partial charge in [-0.05, 0) is 18.6 Å². The number of carbonyl (C=O) groups is 1. The van der Waals surface area contributed by atoms with E-state index in [1.165, 1.54) is 6.20 Å². The molecule has 140 valence electrons. The molecular weight excluding hydrogens is 349 g/mol. The minimum Gasteiger partial charge on any atom is -0.488 e. The van der Waals surface area contributed by atoms with Gasteiger partial charge in [0.1, 0.15) is 24.5 Å². The first kappa shape index (κ1) is 19.7. The van der Waals surface area contributed by atoms with Crippen molar-refractivity contribution in [3.63, 3.8) is 0 Å². The lowest BCUT2D eigenvalue weighted by Crippen LogP contribution is -2.29. The molecule has 1 amide bonds. The van der Waals surface area contributed by atoms with Crippen molar-refractivity contribution in [2.75, 3.05) is 13.2 Å². The van der Waals surface area contributed by atoms with E-state index in [0.717, 1.165) is 11.6 Å². The molecule has 8 heteroatoms. The van der Waals surface area contributed by atoms with Gasteiger partial charge in [0.05, 0.1) is 12.2 Å². The Balaban J connectivity index is 2.16. The average molecular weight is 368 g/mol. The summed E-state index contributed by atoms with van der Waals surface area (Å²) in [4.78, 5) is 15.3. The summed E-state index contributed by atoms with van der Waals surface area (Å²) in [5, 5.41) is 2.37. The standard InChI is InChI=1S/C18H19F3N2O3/c1-2-25-12-16(24)23-10-14-17(18(19,20)21)15(8-9-22-14)26-11-13-6-4-3-5-7-13/h3-9H,2,10-12H2,1H3,(H,23,24). The SMILES string of the molecule is CCOCC(=O)NCc1nccc(OCc2ccccc2)c1C(F)(F)F. The molecule has 1 aromatic carbocycles. The molecule has 1 heterocycles. The molecule has 0 unspecified atom stereocenters. The Morgan fingerprint density at radius 2 is 1.92 bits per heavy atom. The molecule has 1 N–H and O–H groups in total. The average Bonchev–Trinajstić information content (AvgIpc) is 2.62. The van der Waals surface area contributed by atoms with Crippen LogP contribution >= 0.6 is 0 Å². The Morgan fingerprint density at radius 1 is 1.19 bits per heavy atom. The number of alkyl halides is 3. The van der Waals surface area contributed by atoms with Gasteiger partial charge in [-0.15, -0.1) is 0 Å². The zero-order valence-electron chi connectivity index (χ0n) is 14.2. The van der Waals surface area contributed by atoms with E-state index in [4.69, 9.17) is 9.47 Å². The van der Waals surface area contributed by atoms with E-state index >= 15 is 0 Å². The normalized spacial score (nSPS) is 11.2. The van der Waals surface area contributed by atoms with Crippen molar-refractivity contribution in [3.8, 4) is 5.75 Å². The highest BCUT2D eigenvalue weighted by molar-refractivity contribution is 5.77. The number of carbonyl (C=O) groups excluding carboxylic acids is 1. The fraction of sp³-hybridized carbons (Fsp3) is 0.333. The number of amides is 1. The van der Waals surface area contributed by atoms with Gasteiger partial charge in [-0.3, -0.25) is 9.78 Å². The second-order valence-electron chi connectivity index (χ2n) is 5.32. The number of benzene rings is 1. The van der Waals surface area contributed by atoms with Crippen LogP contribution in [0.3, 0.4) is 0 Å². The van der Waals surface area contributed by atoms with Crippen LogP contribution in [0.25, 0.3) is 0 Å². The number of pyridine rings is 1. The number of hydrogen-bond acceptors (Lipinski definition) is 4. The third-order valence-corrected chi connectivity index (χ3v) is 3.40. The summed E-state index contributed by atoms with van der Waals surface area (Å²) >= 11 is 0. The lowest BCUT2D eigenvalue weighted by Gasteiger charge is -2.17. The lowest BCUT2D eigenvalue weighted by atomic mass is 10.1. The molecule has 0 saturated heterocycles. The van der Waals surface area contributed by atoms with Gasteiger partial charge in [0.15, 0.2) is 0 Å². The van der Waals surface area contributed by atoms with Gasteiger partial charge in [-0.1, -0.05) is 30.3 Å². The Kier molecular flexibility index (Phi) is 6.97. The number of aromatic nitrogens is 1. The molecule has 0 fully saturated rings. The number of nitrogens with zero attached hydrogens (tertiary/aromatic N) is 1. The summed E-state index contributed by atoms with van der Waals surface area (Å²) in [5.74, 6) is -0.845. The third kappa shape index (κ3) is 5.73. The van der Waals surface area contributed by atoms with Crippen molar-refractivity contribution in [1.29, 1.82) is 0 Å². The summed E-state index contributed by atoms with van der Waals surface area (Å²) in [5.41, 5.74) is -0.565. The smallest absolute Gasteiger partial charge is 0.421 e. The van der Waals surface area contributed by atoms with Gasteiger partial charge in [0.2, 0.25) is 5.91 Å². The van der Waals surface area contributed by atoms with E-state index in [9.17, 15) is 18.0 Å². The Bertz CT molecular complexity index is 721. The Morgan fingerprint density at radius 3 is 2.58 bits per heavy atom. The number of rotatable bonds is 8.